The van der Waals surface area contributed by atoms with Crippen LogP contribution in [0.2, 0.25) is 0 Å². The Labute approximate surface area is 182 Å². The van der Waals surface area contributed by atoms with E-state index in [1.807, 2.05) is 0 Å². The van der Waals surface area contributed by atoms with Gasteiger partial charge in [0.15, 0.2) is 11.6 Å². The molecule has 0 radical (unpaired) electrons. The topological polar surface area (TPSA) is 122 Å². The van der Waals surface area contributed by atoms with E-state index in [2.05, 4.69) is 10.1 Å². The van der Waals surface area contributed by atoms with Gasteiger partial charge in [0.05, 0.1) is 6.42 Å². The monoisotopic (exact) mass is 479 g/mol. The predicted molar refractivity (Wildman–Crippen MR) is 104 cm³/mol. The summed E-state index contributed by atoms with van der Waals surface area (Å²) in [6.07, 6.45) is -3.87. The molecule has 10 nitrogen and oxygen atoms in total. The molecule has 1 unspecified atom stereocenters. The number of imidazole rings is 1. The molecule has 0 aliphatic carbocycles. The molecule has 2 aromatic rings. The van der Waals surface area contributed by atoms with E-state index >= 15 is 0 Å². The molecule has 3 heterocycles. The van der Waals surface area contributed by atoms with Crippen LogP contribution in [0.15, 0.2) is 21.8 Å². The molecule has 1 atom stereocenters. The van der Waals surface area contributed by atoms with E-state index in [1.54, 1.807) is 0 Å². The summed E-state index contributed by atoms with van der Waals surface area (Å²) in [7, 11) is -2.67. The minimum atomic E-state index is -5.15. The number of amides is 1. The number of aromatic nitrogens is 3. The van der Waals surface area contributed by atoms with Gasteiger partial charge in [-0.25, -0.2) is 13.4 Å². The lowest BCUT2D eigenvalue weighted by Gasteiger charge is -2.31. The normalized spacial score (nSPS) is 18.4. The van der Waals surface area contributed by atoms with Crippen LogP contribution < -0.4 is 0 Å². The zero-order valence-electron chi connectivity index (χ0n) is 17.8. The lowest BCUT2D eigenvalue weighted by atomic mass is 9.96. The highest BCUT2D eigenvalue weighted by Gasteiger charge is 2.59. The van der Waals surface area contributed by atoms with E-state index in [0.29, 0.717) is 0 Å². The van der Waals surface area contributed by atoms with Crippen LogP contribution in [0.3, 0.4) is 0 Å². The summed E-state index contributed by atoms with van der Waals surface area (Å²) in [5.41, 5.74) is -3.28. The van der Waals surface area contributed by atoms with Gasteiger partial charge in [-0.3, -0.25) is 4.79 Å². The van der Waals surface area contributed by atoms with E-state index in [0.717, 1.165) is 20.0 Å². The number of hydrogen-bond donors (Lipinski definition) is 1. The highest BCUT2D eigenvalue weighted by Crippen LogP contribution is 2.41. The number of nitrogens with zero attached hydrogens (tertiary/aromatic N) is 5. The number of carbonyl (C=O) groups is 1. The number of halogens is 3. The minimum absolute atomic E-state index is 0.0426. The van der Waals surface area contributed by atoms with Gasteiger partial charge in [-0.05, 0) is 20.3 Å². The highest BCUT2D eigenvalue weighted by molar-refractivity contribution is 7.89. The first-order chi connectivity index (χ1) is 14.8. The summed E-state index contributed by atoms with van der Waals surface area (Å²) in [6, 6.07) is 0. The fraction of sp³-hybridized carbons (Fsp3) is 0.611. The Kier molecular flexibility index (Phi) is 6.41. The zero-order chi connectivity index (χ0) is 23.9. The highest BCUT2D eigenvalue weighted by atomic mass is 32.2. The molecule has 1 saturated heterocycles. The van der Waals surface area contributed by atoms with Gasteiger partial charge in [0, 0.05) is 45.6 Å². The summed E-state index contributed by atoms with van der Waals surface area (Å²) in [5.74, 6) is -1.52. The van der Waals surface area contributed by atoms with Crippen LogP contribution in [0.4, 0.5) is 13.2 Å². The van der Waals surface area contributed by atoms with Gasteiger partial charge in [0.2, 0.25) is 21.5 Å². The van der Waals surface area contributed by atoms with Crippen molar-refractivity contribution in [1.29, 1.82) is 0 Å². The third kappa shape index (κ3) is 4.26. The van der Waals surface area contributed by atoms with Gasteiger partial charge in [0.25, 0.3) is 0 Å². The molecule has 3 rings (SSSR count). The van der Waals surface area contributed by atoms with Gasteiger partial charge >= 0.3 is 6.18 Å². The van der Waals surface area contributed by atoms with Crippen LogP contribution in [0.25, 0.3) is 0 Å². The number of alkyl halides is 3. The standard InChI is InChI=1S/C18H24F3N5O5S/c1-12-15(13(2)31-23-12)32(29,30)26-7-4-6-25(9-10-26)14(27)11-17(28,18(19,20)21)16-22-5-8-24(16)3/h5,8,28H,4,6-7,9-11H2,1-3H3. The first-order valence-corrected chi connectivity index (χ1v) is 11.2. The molecule has 0 bridgehead atoms. The van der Waals surface area contributed by atoms with Crippen LogP contribution in [0.1, 0.15) is 30.1 Å². The van der Waals surface area contributed by atoms with Crippen molar-refractivity contribution in [3.8, 4) is 0 Å². The van der Waals surface area contributed by atoms with Crippen LogP contribution >= 0.6 is 0 Å². The quantitative estimate of drug-likeness (QED) is 0.681. The Bertz CT molecular complexity index is 1080. The number of carbonyl (C=O) groups excluding carboxylic acids is 1. The first-order valence-electron chi connectivity index (χ1n) is 9.76. The molecule has 1 aliphatic heterocycles. The second-order valence-electron chi connectivity index (χ2n) is 7.69. The van der Waals surface area contributed by atoms with Gasteiger partial charge < -0.3 is 19.1 Å². The number of aliphatic hydroxyl groups is 1. The second kappa shape index (κ2) is 8.48. The van der Waals surface area contributed by atoms with E-state index in [-0.39, 0.29) is 48.9 Å². The second-order valence-corrected chi connectivity index (χ2v) is 9.56. The van der Waals surface area contributed by atoms with Gasteiger partial charge in [-0.1, -0.05) is 5.16 Å². The summed E-state index contributed by atoms with van der Waals surface area (Å²) >= 11 is 0. The molecule has 1 aliphatic rings. The molecule has 14 heteroatoms. The molecule has 0 aromatic carbocycles. The lowest BCUT2D eigenvalue weighted by Crippen LogP contribution is -2.49. The number of hydrogen-bond acceptors (Lipinski definition) is 7. The van der Waals surface area contributed by atoms with Crippen molar-refractivity contribution in [2.75, 3.05) is 26.2 Å². The fourth-order valence-electron chi connectivity index (χ4n) is 3.76. The lowest BCUT2D eigenvalue weighted by molar-refractivity contribution is -0.272. The molecule has 32 heavy (non-hydrogen) atoms. The van der Waals surface area contributed by atoms with Crippen molar-refractivity contribution in [3.63, 3.8) is 0 Å². The summed E-state index contributed by atoms with van der Waals surface area (Å²) in [6.45, 7) is 2.82. The van der Waals surface area contributed by atoms with Crippen molar-refractivity contribution >= 4 is 15.9 Å². The number of aryl methyl sites for hydroxylation is 3. The molecule has 0 saturated carbocycles. The molecule has 0 spiro atoms. The largest absolute Gasteiger partial charge is 0.425 e. The Morgan fingerprint density at radius 1 is 1.22 bits per heavy atom. The van der Waals surface area contributed by atoms with Gasteiger partial charge in [-0.2, -0.15) is 17.5 Å². The Hall–Kier alpha value is -2.45. The van der Waals surface area contributed by atoms with Crippen LogP contribution in [0, 0.1) is 13.8 Å². The Balaban J connectivity index is 1.78. The molecule has 1 amide bonds. The maximum atomic E-state index is 13.7. The SMILES string of the molecule is Cc1noc(C)c1S(=O)(=O)N1CCCN(C(=O)CC(O)(c2nccn2C)C(F)(F)F)CC1. The number of rotatable bonds is 5. The number of sulfonamides is 1. The third-order valence-electron chi connectivity index (χ3n) is 5.44. The molecular formula is C18H24F3N5O5S. The summed E-state index contributed by atoms with van der Waals surface area (Å²) in [4.78, 5) is 17.4. The van der Waals surface area contributed by atoms with Gasteiger partial charge in [0.1, 0.15) is 10.6 Å². The summed E-state index contributed by atoms with van der Waals surface area (Å²) < 4.78 is 74.3. The van der Waals surface area contributed by atoms with E-state index in [1.165, 1.54) is 27.1 Å². The molecule has 1 N–H and O–H groups in total. The van der Waals surface area contributed by atoms with E-state index in [4.69, 9.17) is 4.52 Å². The fourth-order valence-corrected chi connectivity index (χ4v) is 5.52. The van der Waals surface area contributed by atoms with Crippen molar-refractivity contribution in [3.05, 3.63) is 29.7 Å². The smallest absolute Gasteiger partial charge is 0.374 e. The summed E-state index contributed by atoms with van der Waals surface area (Å²) in [5, 5.41) is 14.1. The Morgan fingerprint density at radius 2 is 1.91 bits per heavy atom. The van der Waals surface area contributed by atoms with Crippen molar-refractivity contribution in [1.82, 2.24) is 23.9 Å². The first kappa shape index (κ1) is 24.2. The van der Waals surface area contributed by atoms with Crippen LogP contribution in [-0.2, 0) is 27.5 Å². The van der Waals surface area contributed by atoms with Crippen molar-refractivity contribution in [2.24, 2.45) is 7.05 Å². The van der Waals surface area contributed by atoms with Crippen LogP contribution in [0.5, 0.6) is 0 Å². The van der Waals surface area contributed by atoms with E-state index in [9.17, 15) is 31.5 Å². The zero-order valence-corrected chi connectivity index (χ0v) is 18.6. The average Bonchev–Trinajstić information content (AvgIpc) is 3.16. The molecule has 178 valence electrons. The van der Waals surface area contributed by atoms with Crippen LogP contribution in [-0.4, -0.2) is 75.7 Å². The maximum absolute atomic E-state index is 13.7. The molecular weight excluding hydrogens is 455 g/mol. The minimum Gasteiger partial charge on any atom is -0.374 e. The van der Waals surface area contributed by atoms with Gasteiger partial charge in [-0.15, -0.1) is 0 Å². The third-order valence-corrected chi connectivity index (χ3v) is 7.58. The molecule has 2 aromatic heterocycles. The predicted octanol–water partition coefficient (Wildman–Crippen LogP) is 1.09. The Morgan fingerprint density at radius 3 is 2.44 bits per heavy atom. The van der Waals surface area contributed by atoms with Crippen molar-refractivity contribution in [2.45, 2.75) is 43.4 Å². The average molecular weight is 479 g/mol. The van der Waals surface area contributed by atoms with E-state index < -0.39 is 40.0 Å². The maximum Gasteiger partial charge on any atom is 0.425 e. The molecule has 1 fully saturated rings. The van der Waals surface area contributed by atoms with Crippen molar-refractivity contribution < 1.29 is 36.0 Å².